The standard InChI is InChI=1S/C18H17FN4O2/c1-11-21-17(23-22-11)12-6-8-13(9-7-12)18(25)20-10-16(24)14-4-2-3-5-15(14)19/h2-9,16,24H,10H2,1H3,(H,20,25)(H,21,22,23). The number of benzene rings is 2. The summed E-state index contributed by atoms with van der Waals surface area (Å²) in [6.07, 6.45) is -1.11. The molecule has 1 aromatic heterocycles. The number of aromatic nitrogens is 3. The number of aromatic amines is 1. The third-order valence-corrected chi connectivity index (χ3v) is 3.72. The third kappa shape index (κ3) is 3.89. The number of amides is 1. The molecule has 0 spiro atoms. The minimum atomic E-state index is -1.11. The molecule has 128 valence electrons. The van der Waals surface area contributed by atoms with E-state index < -0.39 is 11.9 Å². The predicted octanol–water partition coefficient (Wildman–Crippen LogP) is 2.38. The van der Waals surface area contributed by atoms with Crippen LogP contribution in [0, 0.1) is 12.7 Å². The highest BCUT2D eigenvalue weighted by Gasteiger charge is 2.14. The summed E-state index contributed by atoms with van der Waals surface area (Å²) in [5.74, 6) is 0.405. The number of aryl methyl sites for hydroxylation is 1. The first kappa shape index (κ1) is 16.8. The van der Waals surface area contributed by atoms with Crippen LogP contribution in [0.5, 0.6) is 0 Å². The van der Waals surface area contributed by atoms with E-state index in [0.717, 1.165) is 5.56 Å². The quantitative estimate of drug-likeness (QED) is 0.665. The molecule has 3 N–H and O–H groups in total. The van der Waals surface area contributed by atoms with E-state index in [-0.39, 0.29) is 18.0 Å². The van der Waals surface area contributed by atoms with E-state index in [4.69, 9.17) is 0 Å². The number of hydrogen-bond donors (Lipinski definition) is 3. The zero-order valence-corrected chi connectivity index (χ0v) is 13.5. The van der Waals surface area contributed by atoms with Gasteiger partial charge in [0.25, 0.3) is 5.91 Å². The number of carbonyl (C=O) groups is 1. The Labute approximate surface area is 143 Å². The van der Waals surface area contributed by atoms with Crippen molar-refractivity contribution in [3.8, 4) is 11.4 Å². The predicted molar refractivity (Wildman–Crippen MR) is 90.2 cm³/mol. The number of aliphatic hydroxyl groups is 1. The second kappa shape index (κ2) is 7.23. The lowest BCUT2D eigenvalue weighted by molar-refractivity contribution is 0.0914. The van der Waals surface area contributed by atoms with Crippen LogP contribution < -0.4 is 5.32 Å². The van der Waals surface area contributed by atoms with Crippen molar-refractivity contribution < 1.29 is 14.3 Å². The van der Waals surface area contributed by atoms with Gasteiger partial charge in [0, 0.05) is 23.2 Å². The van der Waals surface area contributed by atoms with Crippen molar-refractivity contribution in [3.63, 3.8) is 0 Å². The van der Waals surface area contributed by atoms with Gasteiger partial charge in [-0.05, 0) is 25.1 Å². The van der Waals surface area contributed by atoms with Crippen molar-refractivity contribution in [2.45, 2.75) is 13.0 Å². The molecule has 0 aliphatic rings. The number of hydrogen-bond acceptors (Lipinski definition) is 4. The molecule has 1 amide bonds. The maximum absolute atomic E-state index is 13.6. The largest absolute Gasteiger partial charge is 0.386 e. The Morgan fingerprint density at radius 2 is 1.96 bits per heavy atom. The maximum atomic E-state index is 13.6. The van der Waals surface area contributed by atoms with Gasteiger partial charge in [-0.3, -0.25) is 9.89 Å². The van der Waals surface area contributed by atoms with Crippen LogP contribution in [-0.2, 0) is 0 Å². The Morgan fingerprint density at radius 3 is 2.60 bits per heavy atom. The van der Waals surface area contributed by atoms with E-state index >= 15 is 0 Å². The zero-order valence-electron chi connectivity index (χ0n) is 13.5. The van der Waals surface area contributed by atoms with Gasteiger partial charge < -0.3 is 10.4 Å². The average Bonchev–Trinajstić information content (AvgIpc) is 3.06. The Kier molecular flexibility index (Phi) is 4.85. The first-order valence-electron chi connectivity index (χ1n) is 7.74. The highest BCUT2D eigenvalue weighted by atomic mass is 19.1. The molecule has 0 aliphatic heterocycles. The van der Waals surface area contributed by atoms with Crippen LogP contribution >= 0.6 is 0 Å². The first-order valence-corrected chi connectivity index (χ1v) is 7.74. The molecule has 1 atom stereocenters. The van der Waals surface area contributed by atoms with Crippen molar-refractivity contribution >= 4 is 5.91 Å². The Bertz CT molecular complexity index is 877. The molecule has 3 rings (SSSR count). The number of halogens is 1. The first-order chi connectivity index (χ1) is 12.0. The topological polar surface area (TPSA) is 90.9 Å². The van der Waals surface area contributed by atoms with Crippen LogP contribution in [0.4, 0.5) is 4.39 Å². The lowest BCUT2D eigenvalue weighted by Gasteiger charge is -2.13. The Hall–Kier alpha value is -3.06. The molecule has 0 radical (unpaired) electrons. The number of aliphatic hydroxyl groups excluding tert-OH is 1. The Balaban J connectivity index is 1.62. The van der Waals surface area contributed by atoms with Crippen molar-refractivity contribution in [1.29, 1.82) is 0 Å². The second-order valence-corrected chi connectivity index (χ2v) is 5.57. The van der Waals surface area contributed by atoms with Crippen LogP contribution in [0.1, 0.15) is 27.8 Å². The van der Waals surface area contributed by atoms with Crippen LogP contribution in [0.15, 0.2) is 48.5 Å². The SMILES string of the molecule is Cc1nc(-c2ccc(C(=O)NCC(O)c3ccccc3F)cc2)n[nH]1. The van der Waals surface area contributed by atoms with Crippen molar-refractivity contribution in [3.05, 3.63) is 71.3 Å². The highest BCUT2D eigenvalue weighted by molar-refractivity contribution is 5.94. The summed E-state index contributed by atoms with van der Waals surface area (Å²) >= 11 is 0. The fraction of sp³-hybridized carbons (Fsp3) is 0.167. The number of nitrogens with zero attached hydrogens (tertiary/aromatic N) is 2. The molecule has 0 fully saturated rings. The van der Waals surface area contributed by atoms with Crippen LogP contribution in [0.3, 0.4) is 0 Å². The fourth-order valence-electron chi connectivity index (χ4n) is 2.39. The minimum Gasteiger partial charge on any atom is -0.386 e. The summed E-state index contributed by atoms with van der Waals surface area (Å²) in [7, 11) is 0. The zero-order chi connectivity index (χ0) is 17.8. The number of H-pyrrole nitrogens is 1. The molecular formula is C18H17FN4O2. The van der Waals surface area contributed by atoms with Gasteiger partial charge in [0.15, 0.2) is 5.82 Å². The van der Waals surface area contributed by atoms with Gasteiger partial charge in [-0.25, -0.2) is 9.37 Å². The van der Waals surface area contributed by atoms with Gasteiger partial charge >= 0.3 is 0 Å². The van der Waals surface area contributed by atoms with E-state index in [9.17, 15) is 14.3 Å². The van der Waals surface area contributed by atoms with E-state index in [0.29, 0.717) is 17.2 Å². The smallest absolute Gasteiger partial charge is 0.251 e. The molecule has 0 saturated heterocycles. The number of nitrogens with one attached hydrogen (secondary N) is 2. The van der Waals surface area contributed by atoms with Gasteiger partial charge in [-0.15, -0.1) is 0 Å². The summed E-state index contributed by atoms with van der Waals surface area (Å²) in [6.45, 7) is 1.72. The summed E-state index contributed by atoms with van der Waals surface area (Å²) in [4.78, 5) is 16.4. The summed E-state index contributed by atoms with van der Waals surface area (Å²) in [6, 6.07) is 12.7. The van der Waals surface area contributed by atoms with Gasteiger partial charge in [0.1, 0.15) is 11.6 Å². The highest BCUT2D eigenvalue weighted by Crippen LogP contribution is 2.17. The van der Waals surface area contributed by atoms with E-state index in [2.05, 4.69) is 20.5 Å². The molecule has 3 aromatic rings. The average molecular weight is 340 g/mol. The van der Waals surface area contributed by atoms with Gasteiger partial charge in [-0.2, -0.15) is 5.10 Å². The summed E-state index contributed by atoms with van der Waals surface area (Å²) in [5, 5.41) is 19.4. The van der Waals surface area contributed by atoms with E-state index in [1.165, 1.54) is 12.1 Å². The molecule has 1 heterocycles. The molecule has 2 aromatic carbocycles. The van der Waals surface area contributed by atoms with Gasteiger partial charge in [0.2, 0.25) is 0 Å². The van der Waals surface area contributed by atoms with Crippen LogP contribution in [0.25, 0.3) is 11.4 Å². The van der Waals surface area contributed by atoms with Gasteiger partial charge in [0.05, 0.1) is 6.10 Å². The molecule has 25 heavy (non-hydrogen) atoms. The minimum absolute atomic E-state index is 0.0817. The number of carbonyl (C=O) groups excluding carboxylic acids is 1. The molecule has 0 aliphatic carbocycles. The number of rotatable bonds is 5. The maximum Gasteiger partial charge on any atom is 0.251 e. The second-order valence-electron chi connectivity index (χ2n) is 5.57. The molecule has 6 nitrogen and oxygen atoms in total. The van der Waals surface area contributed by atoms with Crippen LogP contribution in [0.2, 0.25) is 0 Å². The van der Waals surface area contributed by atoms with Crippen molar-refractivity contribution in [2.24, 2.45) is 0 Å². The molecule has 0 bridgehead atoms. The summed E-state index contributed by atoms with van der Waals surface area (Å²) < 4.78 is 13.6. The van der Waals surface area contributed by atoms with E-state index in [1.807, 2.05) is 0 Å². The lowest BCUT2D eigenvalue weighted by atomic mass is 10.1. The van der Waals surface area contributed by atoms with E-state index in [1.54, 1.807) is 43.3 Å². The molecule has 0 saturated carbocycles. The van der Waals surface area contributed by atoms with Gasteiger partial charge in [-0.1, -0.05) is 30.3 Å². The van der Waals surface area contributed by atoms with Crippen LogP contribution in [-0.4, -0.2) is 32.7 Å². The molecule has 7 heteroatoms. The normalized spacial score (nSPS) is 12.0. The summed E-state index contributed by atoms with van der Waals surface area (Å²) in [5.41, 5.74) is 1.36. The molecular weight excluding hydrogens is 323 g/mol. The monoisotopic (exact) mass is 340 g/mol. The fourth-order valence-corrected chi connectivity index (χ4v) is 2.39. The Morgan fingerprint density at radius 1 is 1.24 bits per heavy atom. The third-order valence-electron chi connectivity index (χ3n) is 3.72. The molecule has 1 unspecified atom stereocenters. The van der Waals surface area contributed by atoms with Crippen molar-refractivity contribution in [2.75, 3.05) is 6.54 Å². The van der Waals surface area contributed by atoms with Crippen molar-refractivity contribution in [1.82, 2.24) is 20.5 Å². The lowest BCUT2D eigenvalue weighted by Crippen LogP contribution is -2.28.